The molecule has 23 heavy (non-hydrogen) atoms. The van der Waals surface area contributed by atoms with Crippen molar-refractivity contribution in [2.75, 3.05) is 5.73 Å². The first-order valence-corrected chi connectivity index (χ1v) is 6.65. The summed E-state index contributed by atoms with van der Waals surface area (Å²) in [4.78, 5) is 8.36. The molecular weight excluding hydrogens is 311 g/mol. The highest BCUT2D eigenvalue weighted by Gasteiger charge is 2.60. The lowest BCUT2D eigenvalue weighted by Gasteiger charge is -2.22. The zero-order chi connectivity index (χ0) is 16.7. The molecule has 8 heteroatoms. The number of oxime groups is 1. The van der Waals surface area contributed by atoms with Crippen molar-refractivity contribution in [1.29, 1.82) is 0 Å². The number of nitrogens with zero attached hydrogens (tertiary/aromatic N) is 2. The number of hydrogen-bond acceptors (Lipinski definition) is 5. The number of aliphatic hydroxyl groups is 1. The summed E-state index contributed by atoms with van der Waals surface area (Å²) in [6, 6.07) is 9.89. The van der Waals surface area contributed by atoms with Crippen molar-refractivity contribution >= 4 is 11.4 Å². The van der Waals surface area contributed by atoms with Crippen molar-refractivity contribution in [3.05, 3.63) is 48.2 Å². The minimum atomic E-state index is -4.91. The van der Waals surface area contributed by atoms with Crippen LogP contribution in [0.15, 0.2) is 47.8 Å². The summed E-state index contributed by atoms with van der Waals surface area (Å²) in [5.74, 6) is -3.27. The number of benzene rings is 1. The lowest BCUT2D eigenvalue weighted by atomic mass is 10.0. The van der Waals surface area contributed by atoms with Gasteiger partial charge in [0, 0.05) is 17.4 Å². The van der Waals surface area contributed by atoms with E-state index in [1.165, 1.54) is 0 Å². The Bertz CT molecular complexity index is 759. The lowest BCUT2D eigenvalue weighted by Crippen LogP contribution is -2.45. The van der Waals surface area contributed by atoms with Crippen LogP contribution in [0.5, 0.6) is 0 Å². The van der Waals surface area contributed by atoms with E-state index >= 15 is 0 Å². The summed E-state index contributed by atoms with van der Waals surface area (Å²) < 4.78 is 38.1. The van der Waals surface area contributed by atoms with Gasteiger partial charge in [-0.15, -0.1) is 0 Å². The van der Waals surface area contributed by atoms with Crippen LogP contribution in [0.1, 0.15) is 12.0 Å². The van der Waals surface area contributed by atoms with E-state index in [1.807, 2.05) is 0 Å². The van der Waals surface area contributed by atoms with E-state index in [9.17, 15) is 18.3 Å². The van der Waals surface area contributed by atoms with Gasteiger partial charge in [-0.05, 0) is 17.7 Å². The van der Waals surface area contributed by atoms with Gasteiger partial charge in [0.25, 0.3) is 0 Å². The van der Waals surface area contributed by atoms with Crippen molar-refractivity contribution in [1.82, 2.24) is 4.98 Å². The molecule has 3 rings (SSSR count). The van der Waals surface area contributed by atoms with E-state index < -0.39 is 18.4 Å². The van der Waals surface area contributed by atoms with E-state index in [-0.39, 0.29) is 5.71 Å². The summed E-state index contributed by atoms with van der Waals surface area (Å²) in [7, 11) is 0. The Morgan fingerprint density at radius 1 is 1.13 bits per heavy atom. The number of aromatic nitrogens is 1. The van der Waals surface area contributed by atoms with E-state index in [4.69, 9.17) is 5.73 Å². The number of halogens is 3. The summed E-state index contributed by atoms with van der Waals surface area (Å²) in [5.41, 5.74) is 8.10. The molecule has 1 unspecified atom stereocenters. The molecule has 3 N–H and O–H groups in total. The fourth-order valence-electron chi connectivity index (χ4n) is 2.17. The van der Waals surface area contributed by atoms with Gasteiger partial charge < -0.3 is 15.7 Å². The van der Waals surface area contributed by atoms with E-state index in [0.29, 0.717) is 16.9 Å². The van der Waals surface area contributed by atoms with E-state index in [2.05, 4.69) is 15.0 Å². The number of nitrogens with two attached hydrogens (primary N) is 1. The minimum Gasteiger partial charge on any atom is -0.399 e. The molecule has 1 aromatic heterocycles. The first-order valence-electron chi connectivity index (χ1n) is 6.65. The number of rotatable bonds is 2. The summed E-state index contributed by atoms with van der Waals surface area (Å²) in [6.07, 6.45) is -4.10. The van der Waals surface area contributed by atoms with Gasteiger partial charge in [0.2, 0.25) is 0 Å². The molecule has 1 aliphatic heterocycles. The van der Waals surface area contributed by atoms with Crippen molar-refractivity contribution in [3.63, 3.8) is 0 Å². The van der Waals surface area contributed by atoms with Gasteiger partial charge in [-0.2, -0.15) is 13.2 Å². The van der Waals surface area contributed by atoms with Gasteiger partial charge in [-0.25, -0.2) is 0 Å². The van der Waals surface area contributed by atoms with Gasteiger partial charge >= 0.3 is 12.0 Å². The topological polar surface area (TPSA) is 80.7 Å². The molecule has 0 fully saturated rings. The van der Waals surface area contributed by atoms with Crippen LogP contribution in [-0.4, -0.2) is 27.8 Å². The average Bonchev–Trinajstić information content (AvgIpc) is 2.91. The van der Waals surface area contributed by atoms with Gasteiger partial charge in [0.05, 0.1) is 17.8 Å². The molecule has 0 aliphatic carbocycles. The largest absolute Gasteiger partial charge is 0.458 e. The third kappa shape index (κ3) is 2.85. The molecule has 1 aliphatic rings. The maximum absolute atomic E-state index is 12.7. The second kappa shape index (κ2) is 5.24. The molecule has 2 heterocycles. The van der Waals surface area contributed by atoms with Crippen LogP contribution in [0, 0.1) is 0 Å². The highest BCUT2D eigenvalue weighted by Crippen LogP contribution is 2.39. The smallest absolute Gasteiger partial charge is 0.399 e. The van der Waals surface area contributed by atoms with Crippen LogP contribution in [0.4, 0.5) is 18.9 Å². The predicted octanol–water partition coefficient (Wildman–Crippen LogP) is 2.71. The van der Waals surface area contributed by atoms with Crippen LogP contribution in [0.25, 0.3) is 11.3 Å². The highest BCUT2D eigenvalue weighted by molar-refractivity contribution is 6.01. The van der Waals surface area contributed by atoms with Crippen molar-refractivity contribution in [2.45, 2.75) is 18.4 Å². The maximum Gasteiger partial charge on any atom is 0.458 e. The number of nitrogen functional groups attached to an aromatic ring is 1. The summed E-state index contributed by atoms with van der Waals surface area (Å²) in [5, 5.41) is 12.8. The van der Waals surface area contributed by atoms with Crippen molar-refractivity contribution in [2.24, 2.45) is 5.16 Å². The Hall–Kier alpha value is -2.61. The number of hydrogen-bond donors (Lipinski definition) is 2. The standard InChI is InChI=1S/C15H12F3N3O2/c16-15(17,18)14(22)8-13(21-23-14)10-3-1-9(2-4-10)12-7-11(19)5-6-20-12/h1-7,22H,8H2,(H2,19,20). The molecule has 2 aromatic rings. The number of pyridine rings is 1. The molecule has 0 bridgehead atoms. The van der Waals surface area contributed by atoms with Crippen LogP contribution < -0.4 is 5.73 Å². The van der Waals surface area contributed by atoms with Crippen LogP contribution in [0.2, 0.25) is 0 Å². The monoisotopic (exact) mass is 323 g/mol. The molecular formula is C15H12F3N3O2. The Morgan fingerprint density at radius 3 is 2.35 bits per heavy atom. The fourth-order valence-corrected chi connectivity index (χ4v) is 2.17. The summed E-state index contributed by atoms with van der Waals surface area (Å²) >= 11 is 0. The molecule has 0 saturated carbocycles. The Balaban J connectivity index is 1.82. The van der Waals surface area contributed by atoms with E-state index in [1.54, 1.807) is 42.6 Å². The van der Waals surface area contributed by atoms with Gasteiger partial charge in [0.15, 0.2) is 0 Å². The van der Waals surface area contributed by atoms with Gasteiger partial charge in [-0.1, -0.05) is 29.4 Å². The molecule has 5 nitrogen and oxygen atoms in total. The predicted molar refractivity (Wildman–Crippen MR) is 77.3 cm³/mol. The minimum absolute atomic E-state index is 0.0249. The highest BCUT2D eigenvalue weighted by atomic mass is 19.4. The average molecular weight is 323 g/mol. The Kier molecular flexibility index (Phi) is 3.48. The molecule has 0 spiro atoms. The molecule has 120 valence electrons. The van der Waals surface area contributed by atoms with Gasteiger partial charge in [-0.3, -0.25) is 4.98 Å². The lowest BCUT2D eigenvalue weighted by molar-refractivity contribution is -0.355. The van der Waals surface area contributed by atoms with Crippen LogP contribution >= 0.6 is 0 Å². The third-order valence-corrected chi connectivity index (χ3v) is 3.45. The molecule has 0 saturated heterocycles. The first kappa shape index (κ1) is 15.3. The van der Waals surface area contributed by atoms with E-state index in [0.717, 1.165) is 5.56 Å². The first-order chi connectivity index (χ1) is 10.8. The molecule has 1 aromatic carbocycles. The molecule has 0 radical (unpaired) electrons. The van der Waals surface area contributed by atoms with Crippen molar-refractivity contribution in [3.8, 4) is 11.3 Å². The van der Waals surface area contributed by atoms with Crippen LogP contribution in [0.3, 0.4) is 0 Å². The second-order valence-corrected chi connectivity index (χ2v) is 5.14. The third-order valence-electron chi connectivity index (χ3n) is 3.45. The Morgan fingerprint density at radius 2 is 1.78 bits per heavy atom. The zero-order valence-electron chi connectivity index (χ0n) is 11.7. The quantitative estimate of drug-likeness (QED) is 0.890. The maximum atomic E-state index is 12.7. The fraction of sp³-hybridized carbons (Fsp3) is 0.200. The SMILES string of the molecule is Nc1ccnc(-c2ccc(C3=NOC(O)(C(F)(F)F)C3)cc2)c1. The van der Waals surface area contributed by atoms with Crippen molar-refractivity contribution < 1.29 is 23.1 Å². The molecule has 0 amide bonds. The number of alkyl halides is 3. The van der Waals surface area contributed by atoms with Crippen LogP contribution in [-0.2, 0) is 4.84 Å². The molecule has 1 atom stereocenters. The Labute approximate surface area is 129 Å². The normalized spacial score (nSPS) is 21.0. The van der Waals surface area contributed by atoms with Gasteiger partial charge in [0.1, 0.15) is 0 Å². The number of anilines is 1. The zero-order valence-corrected chi connectivity index (χ0v) is 11.7. The second-order valence-electron chi connectivity index (χ2n) is 5.14. The summed E-state index contributed by atoms with van der Waals surface area (Å²) in [6.45, 7) is 0.